The van der Waals surface area contributed by atoms with E-state index in [0.717, 1.165) is 25.3 Å². The summed E-state index contributed by atoms with van der Waals surface area (Å²) in [7, 11) is 2.23. The summed E-state index contributed by atoms with van der Waals surface area (Å²) in [6, 6.07) is 26.9. The van der Waals surface area contributed by atoms with E-state index in [-0.39, 0.29) is 0 Å². The Labute approximate surface area is 202 Å². The van der Waals surface area contributed by atoms with Gasteiger partial charge in [0.15, 0.2) is 0 Å². The van der Waals surface area contributed by atoms with Gasteiger partial charge in [-0.05, 0) is 81.2 Å². The number of unbranched alkanes of at least 4 members (excludes halogenated alkanes) is 3. The van der Waals surface area contributed by atoms with Crippen LogP contribution in [0.3, 0.4) is 0 Å². The smallest absolute Gasteiger partial charge is 0.119 e. The van der Waals surface area contributed by atoms with Crippen molar-refractivity contribution in [1.29, 1.82) is 0 Å². The summed E-state index contributed by atoms with van der Waals surface area (Å²) in [5.74, 6) is 0.999. The first-order valence-corrected chi connectivity index (χ1v) is 13.2. The standard InChI is InChI=1S/C29H34N2OS/c1-30-20-10-13-25(30)23-16-18-24(19-17-23)32-22-9-3-2-8-21-31-26-11-4-6-14-28(26)33-29-15-7-5-12-27(29)31/h4-7,11-12,14-19,25H,2-3,8-10,13,20-22H2,1H3. The third kappa shape index (κ3) is 5.23. The quantitative estimate of drug-likeness (QED) is 0.305. The topological polar surface area (TPSA) is 15.7 Å². The van der Waals surface area contributed by atoms with E-state index >= 15 is 0 Å². The lowest BCUT2D eigenvalue weighted by atomic mass is 10.0. The Kier molecular flexibility index (Phi) is 7.23. The number of likely N-dealkylation sites (tertiary alicyclic amines) is 1. The second-order valence-corrected chi connectivity index (χ2v) is 10.2. The lowest BCUT2D eigenvalue weighted by molar-refractivity contribution is 0.302. The third-order valence-corrected chi connectivity index (χ3v) is 7.99. The van der Waals surface area contributed by atoms with Gasteiger partial charge in [-0.15, -0.1) is 0 Å². The fourth-order valence-corrected chi connectivity index (χ4v) is 6.15. The number of nitrogens with zero attached hydrogens (tertiary/aromatic N) is 2. The van der Waals surface area contributed by atoms with Crippen LogP contribution in [0, 0.1) is 0 Å². The minimum atomic E-state index is 0.580. The van der Waals surface area contributed by atoms with Crippen LogP contribution in [0.5, 0.6) is 5.75 Å². The molecule has 1 atom stereocenters. The van der Waals surface area contributed by atoms with Crippen molar-refractivity contribution in [3.8, 4) is 5.75 Å². The fourth-order valence-electron chi connectivity index (χ4n) is 5.06. The highest BCUT2D eigenvalue weighted by molar-refractivity contribution is 7.99. The van der Waals surface area contributed by atoms with Crippen LogP contribution < -0.4 is 9.64 Å². The van der Waals surface area contributed by atoms with Gasteiger partial charge < -0.3 is 9.64 Å². The SMILES string of the molecule is CN1CCCC1c1ccc(OCCCCCCN2c3ccccc3Sc3ccccc32)cc1. The number of hydrogen-bond acceptors (Lipinski definition) is 4. The number of hydrogen-bond donors (Lipinski definition) is 0. The van der Waals surface area contributed by atoms with Gasteiger partial charge in [0.1, 0.15) is 5.75 Å². The maximum Gasteiger partial charge on any atom is 0.119 e. The van der Waals surface area contributed by atoms with Crippen molar-refractivity contribution in [2.45, 2.75) is 54.4 Å². The first kappa shape index (κ1) is 22.4. The Morgan fingerprint density at radius 2 is 1.48 bits per heavy atom. The van der Waals surface area contributed by atoms with E-state index in [9.17, 15) is 0 Å². The van der Waals surface area contributed by atoms with Crippen LogP contribution in [0.25, 0.3) is 0 Å². The van der Waals surface area contributed by atoms with E-state index in [1.807, 2.05) is 11.8 Å². The molecular weight excluding hydrogens is 424 g/mol. The van der Waals surface area contributed by atoms with Crippen LogP contribution in [-0.2, 0) is 0 Å². The van der Waals surface area contributed by atoms with Gasteiger partial charge >= 0.3 is 0 Å². The van der Waals surface area contributed by atoms with Crippen molar-refractivity contribution in [3.63, 3.8) is 0 Å². The summed E-state index contributed by atoms with van der Waals surface area (Å²) in [6.45, 7) is 3.07. The molecule has 0 spiro atoms. The van der Waals surface area contributed by atoms with Gasteiger partial charge in [0, 0.05) is 22.4 Å². The summed E-state index contributed by atoms with van der Waals surface area (Å²) in [5, 5.41) is 0. The van der Waals surface area contributed by atoms with Crippen LogP contribution in [0.2, 0.25) is 0 Å². The van der Waals surface area contributed by atoms with E-state index in [0.29, 0.717) is 6.04 Å². The zero-order valence-electron chi connectivity index (χ0n) is 19.6. The predicted octanol–water partition coefficient (Wildman–Crippen LogP) is 7.70. The second-order valence-electron chi connectivity index (χ2n) is 9.16. The molecule has 3 aromatic rings. The van der Waals surface area contributed by atoms with Gasteiger partial charge in [0.25, 0.3) is 0 Å². The molecule has 0 saturated carbocycles. The summed E-state index contributed by atoms with van der Waals surface area (Å²) in [4.78, 5) is 7.67. The Morgan fingerprint density at radius 1 is 0.818 bits per heavy atom. The third-order valence-electron chi connectivity index (χ3n) is 6.86. The number of anilines is 2. The molecule has 0 aliphatic carbocycles. The van der Waals surface area contributed by atoms with Crippen LogP contribution in [0.4, 0.5) is 11.4 Å². The number of benzene rings is 3. The minimum Gasteiger partial charge on any atom is -0.494 e. The van der Waals surface area contributed by atoms with E-state index in [1.54, 1.807) is 0 Å². The van der Waals surface area contributed by atoms with Crippen molar-refractivity contribution in [1.82, 2.24) is 4.90 Å². The van der Waals surface area contributed by atoms with Gasteiger partial charge in [-0.1, -0.05) is 61.0 Å². The van der Waals surface area contributed by atoms with Gasteiger partial charge in [0.2, 0.25) is 0 Å². The molecule has 0 aromatic heterocycles. The largest absolute Gasteiger partial charge is 0.494 e. The lowest BCUT2D eigenvalue weighted by Crippen LogP contribution is -2.21. The number of ether oxygens (including phenoxy) is 1. The average Bonchev–Trinajstić information content (AvgIpc) is 3.29. The molecule has 3 aromatic carbocycles. The van der Waals surface area contributed by atoms with Gasteiger partial charge in [-0.3, -0.25) is 4.90 Å². The molecule has 0 amide bonds. The highest BCUT2D eigenvalue weighted by atomic mass is 32.2. The zero-order valence-corrected chi connectivity index (χ0v) is 20.4. The molecular formula is C29H34N2OS. The van der Waals surface area contributed by atoms with Crippen LogP contribution in [-0.4, -0.2) is 31.6 Å². The van der Waals surface area contributed by atoms with Crippen molar-refractivity contribution >= 4 is 23.1 Å². The number of fused-ring (bicyclic) bond motifs is 2. The normalized spacial score (nSPS) is 17.6. The molecule has 1 saturated heterocycles. The molecule has 0 radical (unpaired) electrons. The molecule has 0 bridgehead atoms. The zero-order chi connectivity index (χ0) is 22.5. The number of para-hydroxylation sites is 2. The number of rotatable bonds is 9. The van der Waals surface area contributed by atoms with Crippen LogP contribution in [0.1, 0.15) is 50.1 Å². The Bertz CT molecular complexity index is 1010. The molecule has 5 rings (SSSR count). The molecule has 2 aliphatic heterocycles. The van der Waals surface area contributed by atoms with Gasteiger partial charge in [0.05, 0.1) is 18.0 Å². The lowest BCUT2D eigenvalue weighted by Gasteiger charge is -2.32. The maximum atomic E-state index is 6.01. The molecule has 0 N–H and O–H groups in total. The van der Waals surface area contributed by atoms with E-state index in [2.05, 4.69) is 89.6 Å². The van der Waals surface area contributed by atoms with Crippen molar-refractivity contribution < 1.29 is 4.74 Å². The molecule has 2 aliphatic rings. The fraction of sp³-hybridized carbons (Fsp3) is 0.379. The first-order chi connectivity index (χ1) is 16.3. The molecule has 4 heteroatoms. The van der Waals surface area contributed by atoms with Crippen LogP contribution >= 0.6 is 11.8 Å². The Morgan fingerprint density at radius 3 is 2.15 bits per heavy atom. The minimum absolute atomic E-state index is 0.580. The van der Waals surface area contributed by atoms with Gasteiger partial charge in [-0.2, -0.15) is 0 Å². The van der Waals surface area contributed by atoms with E-state index in [4.69, 9.17) is 4.74 Å². The first-order valence-electron chi connectivity index (χ1n) is 12.4. The van der Waals surface area contributed by atoms with Crippen LogP contribution in [0.15, 0.2) is 82.6 Å². The average molecular weight is 459 g/mol. The van der Waals surface area contributed by atoms with Gasteiger partial charge in [-0.25, -0.2) is 0 Å². The summed E-state index contributed by atoms with van der Waals surface area (Å²) >= 11 is 1.88. The van der Waals surface area contributed by atoms with E-state index in [1.165, 1.54) is 65.4 Å². The monoisotopic (exact) mass is 458 g/mol. The molecule has 1 fully saturated rings. The van der Waals surface area contributed by atoms with E-state index < -0.39 is 0 Å². The van der Waals surface area contributed by atoms with Crippen molar-refractivity contribution in [2.75, 3.05) is 31.6 Å². The summed E-state index contributed by atoms with van der Waals surface area (Å²) < 4.78 is 6.01. The highest BCUT2D eigenvalue weighted by Crippen LogP contribution is 2.47. The summed E-state index contributed by atoms with van der Waals surface area (Å²) in [5.41, 5.74) is 4.11. The second kappa shape index (κ2) is 10.7. The Hall–Kier alpha value is -2.43. The Balaban J connectivity index is 1.05. The molecule has 172 valence electrons. The highest BCUT2D eigenvalue weighted by Gasteiger charge is 2.23. The molecule has 1 unspecified atom stereocenters. The molecule has 33 heavy (non-hydrogen) atoms. The summed E-state index contributed by atoms with van der Waals surface area (Å²) in [6.07, 6.45) is 7.30. The maximum absolute atomic E-state index is 6.01. The van der Waals surface area contributed by atoms with Crippen molar-refractivity contribution in [3.05, 3.63) is 78.4 Å². The van der Waals surface area contributed by atoms with Crippen molar-refractivity contribution in [2.24, 2.45) is 0 Å². The molecule has 3 nitrogen and oxygen atoms in total. The predicted molar refractivity (Wildman–Crippen MR) is 139 cm³/mol. The molecule has 2 heterocycles.